The zero-order chi connectivity index (χ0) is 33.9. The smallest absolute Gasteiger partial charge is 0.246 e. The number of carbonyl (C=O) groups is 1. The molecule has 0 bridgehead atoms. The van der Waals surface area contributed by atoms with E-state index in [-0.39, 0.29) is 59.2 Å². The number of rotatable bonds is 8. The lowest BCUT2D eigenvalue weighted by molar-refractivity contribution is -0.129. The normalized spacial score (nSPS) is 16.1. The van der Waals surface area contributed by atoms with Crippen molar-refractivity contribution in [2.24, 2.45) is 7.05 Å². The average Bonchev–Trinajstić information content (AvgIpc) is 3.78. The number of hydrogen-bond donors (Lipinski definition) is 0. The van der Waals surface area contributed by atoms with Crippen LogP contribution in [0.1, 0.15) is 31.6 Å². The van der Waals surface area contributed by atoms with E-state index < -0.39 is 17.5 Å². The molecular weight excluding hydrogens is 641 g/mol. The van der Waals surface area contributed by atoms with Crippen LogP contribution in [0.5, 0.6) is 5.75 Å². The average molecular weight is 673 g/mol. The predicted molar refractivity (Wildman–Crippen MR) is 178 cm³/mol. The Morgan fingerprint density at radius 2 is 1.88 bits per heavy atom. The second-order valence-electron chi connectivity index (χ2n) is 11.8. The van der Waals surface area contributed by atoms with Crippen LogP contribution >= 0.6 is 11.3 Å². The monoisotopic (exact) mass is 672 g/mol. The summed E-state index contributed by atoms with van der Waals surface area (Å²) in [6.07, 6.45) is 3.16. The zero-order valence-corrected chi connectivity index (χ0v) is 27.4. The summed E-state index contributed by atoms with van der Waals surface area (Å²) in [6.45, 7) is 8.07. The number of nitrogens with zero attached hydrogens (tertiary/aromatic N) is 6. The van der Waals surface area contributed by atoms with Gasteiger partial charge in [-0.05, 0) is 32.1 Å². The number of amides is 1. The molecule has 0 saturated heterocycles. The highest BCUT2D eigenvalue weighted by Gasteiger charge is 2.34. The van der Waals surface area contributed by atoms with Gasteiger partial charge in [0.2, 0.25) is 5.91 Å². The van der Waals surface area contributed by atoms with Gasteiger partial charge in [-0.15, -0.1) is 11.3 Å². The topological polar surface area (TPSA) is 87.3 Å². The number of carbonyl (C=O) groups excluding carboxylic acids is 1. The van der Waals surface area contributed by atoms with Gasteiger partial charge in [0.05, 0.1) is 46.5 Å². The lowest BCUT2D eigenvalue weighted by Crippen LogP contribution is -2.42. The molecule has 5 heterocycles. The Kier molecular flexibility index (Phi) is 8.04. The molecule has 2 atom stereocenters. The molecular formula is C35H31F3N6O3S. The number of methoxy groups -OCH3 is 1. The molecule has 9 nitrogen and oxygen atoms in total. The number of aryl methyl sites for hydroxylation is 1. The molecule has 0 fully saturated rings. The van der Waals surface area contributed by atoms with Crippen molar-refractivity contribution in [3.8, 4) is 39.5 Å². The fourth-order valence-electron chi connectivity index (χ4n) is 6.39. The van der Waals surface area contributed by atoms with Crippen LogP contribution in [0.2, 0.25) is 0 Å². The summed E-state index contributed by atoms with van der Waals surface area (Å²) in [6, 6.07) is 8.65. The molecule has 0 N–H and O–H groups in total. The van der Waals surface area contributed by atoms with Crippen LogP contribution in [-0.4, -0.2) is 62.2 Å². The van der Waals surface area contributed by atoms with E-state index in [4.69, 9.17) is 19.6 Å². The summed E-state index contributed by atoms with van der Waals surface area (Å²) in [5.41, 5.74) is 3.08. The van der Waals surface area contributed by atoms with Crippen LogP contribution in [0.25, 0.3) is 54.8 Å². The first kappa shape index (κ1) is 31.6. The van der Waals surface area contributed by atoms with Crippen molar-refractivity contribution < 1.29 is 27.4 Å². The van der Waals surface area contributed by atoms with Crippen LogP contribution in [0.15, 0.2) is 60.6 Å². The molecule has 2 aromatic carbocycles. The van der Waals surface area contributed by atoms with E-state index in [1.807, 2.05) is 56.0 Å². The quantitative estimate of drug-likeness (QED) is 0.123. The number of hydrogen-bond acceptors (Lipinski definition) is 7. The molecule has 48 heavy (non-hydrogen) atoms. The third kappa shape index (κ3) is 5.23. The summed E-state index contributed by atoms with van der Waals surface area (Å²) >= 11 is 1.08. The molecule has 13 heteroatoms. The summed E-state index contributed by atoms with van der Waals surface area (Å²) < 4.78 is 61.5. The second-order valence-corrected chi connectivity index (χ2v) is 12.6. The van der Waals surface area contributed by atoms with Gasteiger partial charge < -0.3 is 14.4 Å². The van der Waals surface area contributed by atoms with Crippen molar-refractivity contribution in [3.63, 3.8) is 0 Å². The highest BCUT2D eigenvalue weighted by molar-refractivity contribution is 7.18. The Morgan fingerprint density at radius 1 is 1.06 bits per heavy atom. The maximum Gasteiger partial charge on any atom is 0.246 e. The molecule has 4 aromatic heterocycles. The van der Waals surface area contributed by atoms with E-state index in [1.165, 1.54) is 18.6 Å². The number of halogens is 3. The lowest BCUT2D eigenvalue weighted by Gasteiger charge is -2.36. The molecule has 0 radical (unpaired) electrons. The Bertz CT molecular complexity index is 2240. The first-order valence-electron chi connectivity index (χ1n) is 15.3. The molecule has 1 aliphatic heterocycles. The maximum atomic E-state index is 16.1. The minimum Gasteiger partial charge on any atom is -0.490 e. The zero-order valence-electron chi connectivity index (χ0n) is 26.6. The summed E-state index contributed by atoms with van der Waals surface area (Å²) in [7, 11) is 3.31. The highest BCUT2D eigenvalue weighted by Crippen LogP contribution is 2.48. The second kappa shape index (κ2) is 12.2. The summed E-state index contributed by atoms with van der Waals surface area (Å²) in [5, 5.41) is 11.9. The molecule has 246 valence electrons. The Labute approximate surface area is 277 Å². The van der Waals surface area contributed by atoms with Crippen molar-refractivity contribution in [1.29, 1.82) is 0 Å². The van der Waals surface area contributed by atoms with E-state index in [0.29, 0.717) is 33.7 Å². The number of pyridine rings is 1. The summed E-state index contributed by atoms with van der Waals surface area (Å²) in [4.78, 5) is 19.5. The molecule has 0 saturated carbocycles. The number of thiophene rings is 1. The van der Waals surface area contributed by atoms with Crippen molar-refractivity contribution >= 4 is 38.2 Å². The van der Waals surface area contributed by atoms with E-state index in [0.717, 1.165) is 34.5 Å². The lowest BCUT2D eigenvalue weighted by atomic mass is 9.96. The fraction of sp³-hybridized carbons (Fsp3) is 0.257. The van der Waals surface area contributed by atoms with E-state index in [2.05, 4.69) is 11.7 Å². The van der Waals surface area contributed by atoms with Gasteiger partial charge in [-0.2, -0.15) is 10.2 Å². The fourth-order valence-corrected chi connectivity index (χ4v) is 7.36. The van der Waals surface area contributed by atoms with Crippen molar-refractivity contribution in [2.75, 3.05) is 26.9 Å². The molecule has 1 aliphatic rings. The molecule has 1 amide bonds. The van der Waals surface area contributed by atoms with Gasteiger partial charge in [-0.3, -0.25) is 14.2 Å². The Morgan fingerprint density at radius 3 is 2.65 bits per heavy atom. The molecule has 6 aromatic rings. The minimum atomic E-state index is -0.906. The molecule has 0 aliphatic carbocycles. The molecule has 7 rings (SSSR count). The van der Waals surface area contributed by atoms with Gasteiger partial charge in [0.25, 0.3) is 0 Å². The summed E-state index contributed by atoms with van der Waals surface area (Å²) in [5.74, 6) is -2.58. The minimum absolute atomic E-state index is 0.0141. The molecule has 0 unspecified atom stereocenters. The Balaban J connectivity index is 1.54. The van der Waals surface area contributed by atoms with E-state index >= 15 is 8.78 Å². The number of benzene rings is 2. The van der Waals surface area contributed by atoms with Crippen LogP contribution in [0.3, 0.4) is 0 Å². The predicted octanol–water partition coefficient (Wildman–Crippen LogP) is 7.47. The van der Waals surface area contributed by atoms with Crippen molar-refractivity contribution in [2.45, 2.75) is 25.9 Å². The standard InChI is InChI=1S/C35H31F3N6O3S/c1-6-29(45)43-15-18(2)44-27(19(43)3)14-26(41-44)34-32(30-23(37)12-22(36)13-28(30)47-10-9-46-5)35-31(24(38)17-48-35)33(39-34)20-7-8-21-16-42(4)40-25(21)11-20/h6-8,11-14,16-19H,1,9-10,15H2,2-5H3/t18-,19+/m0/s1. The van der Waals surface area contributed by atoms with Crippen LogP contribution < -0.4 is 4.74 Å². The first-order chi connectivity index (χ1) is 23.1. The number of aromatic nitrogens is 5. The van der Waals surface area contributed by atoms with Gasteiger partial charge in [-0.1, -0.05) is 18.7 Å². The highest BCUT2D eigenvalue weighted by atomic mass is 32.1. The SMILES string of the molecule is C=CC(=O)N1C[C@H](C)n2nc(-c3nc(-c4ccc5cn(C)nc5c4)c4c(F)csc4c3-c3c(F)cc(F)cc3OCCOC)cc2[C@H]1C. The molecule has 0 spiro atoms. The third-order valence-corrected chi connectivity index (χ3v) is 9.59. The van der Waals surface area contributed by atoms with Crippen LogP contribution in [0, 0.1) is 17.5 Å². The van der Waals surface area contributed by atoms with Gasteiger partial charge in [-0.25, -0.2) is 18.2 Å². The number of ether oxygens (including phenoxy) is 2. The van der Waals surface area contributed by atoms with Crippen molar-refractivity contribution in [3.05, 3.63) is 83.8 Å². The Hall–Kier alpha value is -5.01. The number of fused-ring (bicyclic) bond motifs is 3. The van der Waals surface area contributed by atoms with Crippen LogP contribution in [0.4, 0.5) is 13.2 Å². The van der Waals surface area contributed by atoms with E-state index in [9.17, 15) is 9.18 Å². The first-order valence-corrected chi connectivity index (χ1v) is 16.2. The van der Waals surface area contributed by atoms with E-state index in [1.54, 1.807) is 9.58 Å². The largest absolute Gasteiger partial charge is 0.490 e. The van der Waals surface area contributed by atoms with Gasteiger partial charge in [0, 0.05) is 65.6 Å². The van der Waals surface area contributed by atoms with Gasteiger partial charge in [0.1, 0.15) is 41.2 Å². The van der Waals surface area contributed by atoms with Crippen molar-refractivity contribution in [1.82, 2.24) is 29.4 Å². The van der Waals surface area contributed by atoms with Gasteiger partial charge in [0.15, 0.2) is 0 Å². The third-order valence-electron chi connectivity index (χ3n) is 8.62. The van der Waals surface area contributed by atoms with Gasteiger partial charge >= 0.3 is 0 Å². The maximum absolute atomic E-state index is 16.1. The van der Waals surface area contributed by atoms with Crippen LogP contribution in [-0.2, 0) is 16.6 Å².